The van der Waals surface area contributed by atoms with Crippen LogP contribution in [0.1, 0.15) is 0 Å². The summed E-state index contributed by atoms with van der Waals surface area (Å²) in [7, 11) is 0. The van der Waals surface area contributed by atoms with Crippen molar-refractivity contribution < 1.29 is 0 Å². The standard InChI is InChI=1S/C43H25N/c1-44-31-20-21-32-37(24-31)35-22-29-16-8-9-17-30(29)23-36(35)39-26-41-40(25-38(32)39)42(27-12-4-2-5-13-27)33-18-10-11-19-34(33)43(41)28-14-6-3-7-15-28/h2-26H. The van der Waals surface area contributed by atoms with E-state index in [4.69, 9.17) is 6.57 Å². The molecule has 1 nitrogen and oxygen atoms in total. The zero-order valence-corrected chi connectivity index (χ0v) is 23.9. The molecule has 0 amide bonds. The van der Waals surface area contributed by atoms with Gasteiger partial charge in [0.05, 0.1) is 6.57 Å². The van der Waals surface area contributed by atoms with Gasteiger partial charge in [-0.15, -0.1) is 0 Å². The summed E-state index contributed by atoms with van der Waals surface area (Å²) in [5.41, 5.74) is 5.59. The molecule has 0 spiro atoms. The first kappa shape index (κ1) is 24.6. The van der Waals surface area contributed by atoms with Crippen LogP contribution in [0, 0.1) is 6.57 Å². The SMILES string of the molecule is [C-]#[N+]c1ccc2c(c1)c1cc3ccccc3cc1c1cc3c(-c4ccccc4)c4ccccc4c(-c4ccccc4)c3cc21. The topological polar surface area (TPSA) is 4.36 Å². The van der Waals surface area contributed by atoms with Crippen molar-refractivity contribution in [3.8, 4) is 22.3 Å². The lowest BCUT2D eigenvalue weighted by Crippen LogP contribution is -1.92. The molecule has 0 radical (unpaired) electrons. The average Bonchev–Trinajstić information content (AvgIpc) is 3.09. The molecule has 0 saturated heterocycles. The Labute approximate surface area is 255 Å². The largest absolute Gasteiger partial charge is 0.238 e. The van der Waals surface area contributed by atoms with E-state index in [-0.39, 0.29) is 0 Å². The highest BCUT2D eigenvalue weighted by molar-refractivity contribution is 6.32. The van der Waals surface area contributed by atoms with Gasteiger partial charge in [-0.05, 0) is 117 Å². The van der Waals surface area contributed by atoms with Crippen molar-refractivity contribution in [3.63, 3.8) is 0 Å². The molecule has 0 bridgehead atoms. The van der Waals surface area contributed by atoms with Crippen LogP contribution < -0.4 is 0 Å². The third kappa shape index (κ3) is 3.59. The van der Waals surface area contributed by atoms with E-state index in [0.717, 1.165) is 5.39 Å². The maximum absolute atomic E-state index is 7.76. The zero-order chi connectivity index (χ0) is 29.2. The molecule has 0 unspecified atom stereocenters. The van der Waals surface area contributed by atoms with Gasteiger partial charge in [0.15, 0.2) is 5.69 Å². The highest BCUT2D eigenvalue weighted by Gasteiger charge is 2.19. The van der Waals surface area contributed by atoms with E-state index in [1.54, 1.807) is 0 Å². The van der Waals surface area contributed by atoms with E-state index >= 15 is 0 Å². The zero-order valence-electron chi connectivity index (χ0n) is 23.9. The maximum Gasteiger partial charge on any atom is 0.187 e. The predicted molar refractivity (Wildman–Crippen MR) is 189 cm³/mol. The van der Waals surface area contributed by atoms with Crippen molar-refractivity contribution in [1.29, 1.82) is 0 Å². The molecule has 9 aromatic carbocycles. The second-order valence-electron chi connectivity index (χ2n) is 11.6. The molecule has 0 saturated carbocycles. The average molecular weight is 556 g/mol. The Hall–Kier alpha value is -5.97. The number of hydrogen-bond donors (Lipinski definition) is 0. The molecular formula is C43H25N. The van der Waals surface area contributed by atoms with Gasteiger partial charge < -0.3 is 0 Å². The first-order chi connectivity index (χ1) is 21.8. The lowest BCUT2D eigenvalue weighted by Gasteiger charge is -2.20. The molecule has 9 rings (SSSR count). The van der Waals surface area contributed by atoms with Crippen molar-refractivity contribution in [1.82, 2.24) is 0 Å². The first-order valence-electron chi connectivity index (χ1n) is 15.0. The van der Waals surface area contributed by atoms with E-state index in [1.807, 2.05) is 6.07 Å². The number of fused-ring (bicyclic) bond motifs is 9. The van der Waals surface area contributed by atoms with E-state index in [0.29, 0.717) is 5.69 Å². The monoisotopic (exact) mass is 555 g/mol. The van der Waals surface area contributed by atoms with E-state index in [1.165, 1.54) is 81.5 Å². The van der Waals surface area contributed by atoms with Crippen LogP contribution in [-0.2, 0) is 0 Å². The molecular weight excluding hydrogens is 530 g/mol. The summed E-state index contributed by atoms with van der Waals surface area (Å²) in [6.45, 7) is 7.76. The van der Waals surface area contributed by atoms with Gasteiger partial charge in [-0.2, -0.15) is 0 Å². The summed E-state index contributed by atoms with van der Waals surface area (Å²) in [5, 5.41) is 14.5. The molecule has 0 aliphatic rings. The van der Waals surface area contributed by atoms with Crippen LogP contribution in [0.3, 0.4) is 0 Å². The van der Waals surface area contributed by atoms with Crippen LogP contribution >= 0.6 is 0 Å². The first-order valence-corrected chi connectivity index (χ1v) is 15.0. The number of hydrogen-bond acceptors (Lipinski definition) is 0. The lowest BCUT2D eigenvalue weighted by molar-refractivity contribution is 1.66. The Bertz CT molecular complexity index is 2640. The molecule has 44 heavy (non-hydrogen) atoms. The Morgan fingerprint density at radius 3 is 1.27 bits per heavy atom. The minimum absolute atomic E-state index is 0.662. The van der Waals surface area contributed by atoms with Crippen molar-refractivity contribution in [2.45, 2.75) is 0 Å². The highest BCUT2D eigenvalue weighted by atomic mass is 14.6. The molecule has 0 fully saturated rings. The van der Waals surface area contributed by atoms with Crippen LogP contribution in [-0.4, -0.2) is 0 Å². The normalized spacial score (nSPS) is 11.6. The van der Waals surface area contributed by atoms with Gasteiger partial charge in [-0.25, -0.2) is 4.85 Å². The summed E-state index contributed by atoms with van der Waals surface area (Å²) in [4.78, 5) is 3.80. The number of benzene rings is 9. The van der Waals surface area contributed by atoms with Gasteiger partial charge in [0, 0.05) is 0 Å². The quantitative estimate of drug-likeness (QED) is 0.113. The summed E-state index contributed by atoms with van der Waals surface area (Å²) in [5.74, 6) is 0. The number of rotatable bonds is 2. The molecule has 9 aromatic rings. The van der Waals surface area contributed by atoms with Gasteiger partial charge in [0.25, 0.3) is 0 Å². The fourth-order valence-corrected chi connectivity index (χ4v) is 7.25. The molecule has 0 aromatic heterocycles. The van der Waals surface area contributed by atoms with E-state index < -0.39 is 0 Å². The van der Waals surface area contributed by atoms with E-state index in [2.05, 4.69) is 150 Å². The lowest BCUT2D eigenvalue weighted by atomic mass is 9.83. The van der Waals surface area contributed by atoms with Crippen LogP contribution in [0.4, 0.5) is 5.69 Å². The maximum atomic E-state index is 7.76. The second kappa shape index (κ2) is 9.53. The molecule has 1 heteroatoms. The van der Waals surface area contributed by atoms with Crippen molar-refractivity contribution >= 4 is 70.3 Å². The molecule has 202 valence electrons. The molecule has 0 aliphatic heterocycles. The Balaban J connectivity index is 1.58. The Kier molecular flexibility index (Phi) is 5.33. The minimum Gasteiger partial charge on any atom is -0.238 e. The van der Waals surface area contributed by atoms with Gasteiger partial charge >= 0.3 is 0 Å². The molecule has 0 atom stereocenters. The predicted octanol–water partition coefficient (Wildman–Crippen LogP) is 12.5. The summed E-state index contributed by atoms with van der Waals surface area (Å²) in [6, 6.07) is 54.7. The smallest absolute Gasteiger partial charge is 0.187 e. The Morgan fingerprint density at radius 2 is 0.750 bits per heavy atom. The number of nitrogens with zero attached hydrogens (tertiary/aromatic N) is 1. The fourth-order valence-electron chi connectivity index (χ4n) is 7.25. The second-order valence-corrected chi connectivity index (χ2v) is 11.6. The van der Waals surface area contributed by atoms with Gasteiger partial charge in [-0.1, -0.05) is 121 Å². The van der Waals surface area contributed by atoms with Crippen molar-refractivity contribution in [2.24, 2.45) is 0 Å². The van der Waals surface area contributed by atoms with Crippen LogP contribution in [0.15, 0.2) is 152 Å². The van der Waals surface area contributed by atoms with Gasteiger partial charge in [-0.3, -0.25) is 0 Å². The third-order valence-corrected chi connectivity index (χ3v) is 9.18. The van der Waals surface area contributed by atoms with Crippen LogP contribution in [0.5, 0.6) is 0 Å². The highest BCUT2D eigenvalue weighted by Crippen LogP contribution is 2.47. The Morgan fingerprint density at radius 1 is 0.318 bits per heavy atom. The summed E-state index contributed by atoms with van der Waals surface area (Å²) < 4.78 is 0. The van der Waals surface area contributed by atoms with E-state index in [9.17, 15) is 0 Å². The fraction of sp³-hybridized carbons (Fsp3) is 0. The van der Waals surface area contributed by atoms with Crippen molar-refractivity contribution in [3.05, 3.63) is 163 Å². The molecule has 0 heterocycles. The summed E-state index contributed by atoms with van der Waals surface area (Å²) in [6.07, 6.45) is 0. The van der Waals surface area contributed by atoms with Crippen molar-refractivity contribution in [2.75, 3.05) is 0 Å². The summed E-state index contributed by atoms with van der Waals surface area (Å²) >= 11 is 0. The molecule has 0 aliphatic carbocycles. The van der Waals surface area contributed by atoms with Gasteiger partial charge in [0.2, 0.25) is 0 Å². The van der Waals surface area contributed by atoms with Gasteiger partial charge in [0.1, 0.15) is 0 Å². The van der Waals surface area contributed by atoms with Crippen LogP contribution in [0.2, 0.25) is 0 Å². The third-order valence-electron chi connectivity index (χ3n) is 9.18. The minimum atomic E-state index is 0.662. The van der Waals surface area contributed by atoms with Crippen LogP contribution in [0.25, 0.3) is 91.7 Å². The molecule has 0 N–H and O–H groups in total.